The average Bonchev–Trinajstić information content (AvgIpc) is 1.30. The van der Waals surface area contributed by atoms with E-state index in [9.17, 15) is 0 Å². The second-order valence-corrected chi connectivity index (χ2v) is 27.6. The van der Waals surface area contributed by atoms with Crippen LogP contribution < -0.4 is 0 Å². The van der Waals surface area contributed by atoms with Crippen LogP contribution in [0, 0.1) is 0 Å². The van der Waals surface area contributed by atoms with Gasteiger partial charge in [-0.1, -0.05) is 0 Å². The lowest BCUT2D eigenvalue weighted by atomic mass is 30.1. The standard InChI is InChI=1S/S5/c1-4-2-5(1,4)3-4. The second-order valence-electron chi connectivity index (χ2n) is 1.02. The molecule has 3 heterocycles. The number of hydrogen-bond acceptors (Lipinski definition) is 3. The summed E-state index contributed by atoms with van der Waals surface area (Å²) in [6.45, 7) is 0. The van der Waals surface area contributed by atoms with Crippen LogP contribution in [0.3, 0.4) is 0 Å². The van der Waals surface area contributed by atoms with Crippen molar-refractivity contribution in [3.63, 3.8) is 0 Å². The van der Waals surface area contributed by atoms with Gasteiger partial charge in [0, 0.05) is 41.8 Å². The fourth-order valence-electron chi connectivity index (χ4n) is 0.287. The summed E-state index contributed by atoms with van der Waals surface area (Å²) >= 11 is 0. The lowest BCUT2D eigenvalue weighted by Gasteiger charge is -2.00. The first-order chi connectivity index (χ1) is 2.37. The van der Waals surface area contributed by atoms with Gasteiger partial charge in [-0.2, -0.15) is 0 Å². The lowest BCUT2D eigenvalue weighted by molar-refractivity contribution is 5.59. The SMILES string of the molecule is S1S23SS12S3. The highest BCUT2D eigenvalue weighted by atomic mass is 35.1. The summed E-state index contributed by atoms with van der Waals surface area (Å²) in [5, 5.41) is 0. The van der Waals surface area contributed by atoms with E-state index in [2.05, 4.69) is 29.5 Å². The Bertz CT molecular complexity index is 81.4. The molecule has 0 saturated carbocycles. The molecule has 5 heavy (non-hydrogen) atoms. The van der Waals surface area contributed by atoms with Crippen molar-refractivity contribution in [1.82, 2.24) is 0 Å². The van der Waals surface area contributed by atoms with Crippen LogP contribution in [0.15, 0.2) is 0 Å². The van der Waals surface area contributed by atoms with E-state index < -0.39 is 0 Å². The minimum Gasteiger partial charge on any atom is 0 e. The Morgan fingerprint density at radius 1 is 0.800 bits per heavy atom. The van der Waals surface area contributed by atoms with Crippen molar-refractivity contribution in [2.24, 2.45) is 0 Å². The molecule has 3 aliphatic rings. The van der Waals surface area contributed by atoms with Gasteiger partial charge in [0.25, 0.3) is 0 Å². The van der Waals surface area contributed by atoms with Gasteiger partial charge in [-0.3, -0.25) is 0 Å². The molecule has 0 bridgehead atoms. The molecule has 3 rings (SSSR count). The van der Waals surface area contributed by atoms with Gasteiger partial charge in [0.2, 0.25) is 0 Å². The second kappa shape index (κ2) is 0.462. The van der Waals surface area contributed by atoms with Crippen molar-refractivity contribution in [1.29, 1.82) is 0 Å². The van der Waals surface area contributed by atoms with E-state index in [4.69, 9.17) is 0 Å². The van der Waals surface area contributed by atoms with Crippen molar-refractivity contribution in [3.8, 4) is 0 Å². The first-order valence-electron chi connectivity index (χ1n) is 1.17. The smallest absolute Gasteiger partial charge is 0 e. The van der Waals surface area contributed by atoms with Crippen LogP contribution in [0.5, 0.6) is 0 Å². The van der Waals surface area contributed by atoms with Crippen molar-refractivity contribution in [3.05, 3.63) is 0 Å². The van der Waals surface area contributed by atoms with Gasteiger partial charge < -0.3 is 0 Å². The van der Waals surface area contributed by atoms with E-state index in [1.54, 1.807) is 0 Å². The van der Waals surface area contributed by atoms with Gasteiger partial charge in [-0.15, -0.1) is 0 Å². The maximum absolute atomic E-state index is 2.29. The van der Waals surface area contributed by atoms with Gasteiger partial charge in [0.05, 0.1) is 0 Å². The molecule has 3 saturated heterocycles. The molecule has 0 N–H and O–H groups in total. The first-order valence-corrected chi connectivity index (χ1v) is 10.5. The predicted molar refractivity (Wildman–Crippen MR) is 38.0 cm³/mol. The highest BCUT2D eigenvalue weighted by Crippen LogP contribution is 3.65. The molecule has 3 aliphatic heterocycles. The van der Waals surface area contributed by atoms with Gasteiger partial charge in [-0.25, -0.2) is 0 Å². The molecule has 0 atom stereocenters. The van der Waals surface area contributed by atoms with Crippen LogP contribution in [0.4, 0.5) is 0 Å². The molecule has 0 aromatic rings. The Morgan fingerprint density at radius 2 is 1.00 bits per heavy atom. The first kappa shape index (κ1) is 2.91. The molecule has 30 valence electrons. The molecule has 0 aliphatic carbocycles. The third-order valence-electron chi connectivity index (χ3n) is 0.704. The van der Waals surface area contributed by atoms with Gasteiger partial charge in [-0.05, 0) is 0 Å². The molecule has 0 aromatic heterocycles. The zero-order valence-corrected chi connectivity index (χ0v) is 6.12. The molecular weight excluding hydrogens is 160 g/mol. The maximum Gasteiger partial charge on any atom is 0 e. The van der Waals surface area contributed by atoms with Crippen molar-refractivity contribution >= 4 is 41.8 Å². The molecule has 0 spiro atoms. The zero-order valence-electron chi connectivity index (χ0n) is 2.04. The Hall–Kier alpha value is 1.75. The van der Waals surface area contributed by atoms with Crippen LogP contribution in [-0.4, -0.2) is 0 Å². The molecule has 5 heteroatoms. The van der Waals surface area contributed by atoms with E-state index in [-0.39, 0.29) is 12.3 Å². The molecular formula is S5. The fourth-order valence-corrected chi connectivity index (χ4v) is 56.4. The molecule has 0 radical (unpaired) electrons. The zero-order chi connectivity index (χ0) is 3.12. The molecule has 3 fully saturated rings. The third kappa shape index (κ3) is 0.156. The number of hydrogen-bond donors (Lipinski definition) is 0. The van der Waals surface area contributed by atoms with Crippen LogP contribution in [0.2, 0.25) is 0 Å². The highest BCUT2D eigenvalue weighted by Gasteiger charge is 3.00. The topological polar surface area (TPSA) is 0 Å². The Kier molecular flexibility index (Phi) is 0.270. The number of rotatable bonds is 0. The summed E-state index contributed by atoms with van der Waals surface area (Å²) in [5.74, 6) is 0. The van der Waals surface area contributed by atoms with Crippen molar-refractivity contribution < 1.29 is 0 Å². The third-order valence-corrected chi connectivity index (χ3v) is 46.0. The summed E-state index contributed by atoms with van der Waals surface area (Å²) in [5.41, 5.74) is 0. The van der Waals surface area contributed by atoms with Crippen LogP contribution in [0.25, 0.3) is 0 Å². The lowest BCUT2D eigenvalue weighted by Crippen LogP contribution is -1.35. The van der Waals surface area contributed by atoms with E-state index >= 15 is 0 Å². The maximum atomic E-state index is 2.29. The molecule has 0 nitrogen and oxygen atoms in total. The average molecular weight is 160 g/mol. The van der Waals surface area contributed by atoms with E-state index in [1.165, 1.54) is 0 Å². The quantitative estimate of drug-likeness (QED) is 0.394. The van der Waals surface area contributed by atoms with Gasteiger partial charge >= 0.3 is 0 Å². The Balaban J connectivity index is 2.58. The summed E-state index contributed by atoms with van der Waals surface area (Å²) in [6, 6.07) is 0. The Labute approximate surface area is 41.6 Å². The predicted octanol–water partition coefficient (Wildman–Crippen LogP) is 3.24. The fraction of sp³-hybridized carbons (Fsp3) is 0. The minimum atomic E-state index is 0.229. The molecule has 0 amide bonds. The van der Waals surface area contributed by atoms with E-state index in [1.807, 2.05) is 0 Å². The van der Waals surface area contributed by atoms with Crippen molar-refractivity contribution in [2.75, 3.05) is 0 Å². The normalized spacial score (nSPS) is 117. The molecule has 0 aromatic carbocycles. The summed E-state index contributed by atoms with van der Waals surface area (Å²) in [6.07, 6.45) is 0.458. The van der Waals surface area contributed by atoms with Crippen LogP contribution in [-0.2, 0) is 0 Å². The summed E-state index contributed by atoms with van der Waals surface area (Å²) in [7, 11) is 6.88. The van der Waals surface area contributed by atoms with Crippen LogP contribution in [0.1, 0.15) is 0 Å². The van der Waals surface area contributed by atoms with E-state index in [0.717, 1.165) is 0 Å². The minimum absolute atomic E-state index is 0.229. The monoisotopic (exact) mass is 160 g/mol. The summed E-state index contributed by atoms with van der Waals surface area (Å²) < 4.78 is 0. The van der Waals surface area contributed by atoms with E-state index in [0.29, 0.717) is 0 Å². The van der Waals surface area contributed by atoms with Gasteiger partial charge in [0.1, 0.15) is 0 Å². The largest absolute Gasteiger partial charge is 0 e. The highest BCUT2D eigenvalue weighted by molar-refractivity contribution is 10.6. The van der Waals surface area contributed by atoms with Gasteiger partial charge in [0.15, 0.2) is 0 Å². The summed E-state index contributed by atoms with van der Waals surface area (Å²) in [4.78, 5) is 0. The molecule has 0 unspecified atom stereocenters. The van der Waals surface area contributed by atoms with Crippen molar-refractivity contribution in [2.45, 2.75) is 0 Å². The van der Waals surface area contributed by atoms with Crippen LogP contribution >= 0.6 is 41.8 Å². The Morgan fingerprint density at radius 3 is 1.00 bits per heavy atom.